The second kappa shape index (κ2) is 7.01. The topological polar surface area (TPSA) is 50.4 Å². The maximum absolute atomic E-state index is 11.8. The molecule has 1 aromatic rings. The van der Waals surface area contributed by atoms with E-state index in [-0.39, 0.29) is 11.9 Å². The molecule has 1 aromatic carbocycles. The smallest absolute Gasteiger partial charge is 0.237 e. The number of nitrogens with one attached hydrogen (secondary N) is 2. The number of carbonyl (C=O) groups excluding carboxylic acids is 1. The van der Waals surface area contributed by atoms with Crippen LogP contribution in [0.1, 0.15) is 19.3 Å². The molecular weight excluding hydrogens is 228 g/mol. The molecule has 4 nitrogen and oxygen atoms in total. The van der Waals surface area contributed by atoms with Crippen LogP contribution in [0.15, 0.2) is 30.3 Å². The normalized spacial score (nSPS) is 19.2. The highest BCUT2D eigenvalue weighted by atomic mass is 16.5. The zero-order valence-electron chi connectivity index (χ0n) is 10.5. The van der Waals surface area contributed by atoms with Crippen LogP contribution in [-0.2, 0) is 4.79 Å². The first-order valence-electron chi connectivity index (χ1n) is 6.55. The Kier molecular flexibility index (Phi) is 5.02. The number of carbonyl (C=O) groups is 1. The minimum absolute atomic E-state index is 0.0181. The van der Waals surface area contributed by atoms with Crippen LogP contribution in [-0.4, -0.2) is 31.6 Å². The monoisotopic (exact) mass is 248 g/mol. The fourth-order valence-corrected chi connectivity index (χ4v) is 2.06. The Morgan fingerprint density at radius 1 is 1.33 bits per heavy atom. The van der Waals surface area contributed by atoms with E-state index in [0.717, 1.165) is 25.1 Å². The van der Waals surface area contributed by atoms with E-state index >= 15 is 0 Å². The van der Waals surface area contributed by atoms with Gasteiger partial charge in [-0.3, -0.25) is 4.79 Å². The standard InChI is InChI=1S/C14H20N2O2/c17-14(13-8-4-5-9-15-13)16-10-11-18-12-6-2-1-3-7-12/h1-3,6-7,13,15H,4-5,8-11H2,(H,16,17)/t13-/m1/s1. The van der Waals surface area contributed by atoms with E-state index in [4.69, 9.17) is 4.74 Å². The van der Waals surface area contributed by atoms with Crippen LogP contribution >= 0.6 is 0 Å². The molecule has 1 saturated heterocycles. The Bertz CT molecular complexity index is 361. The molecule has 1 aliphatic heterocycles. The number of para-hydroxylation sites is 1. The second-order valence-corrected chi connectivity index (χ2v) is 4.46. The SMILES string of the molecule is O=C(NCCOc1ccccc1)[C@H]1CCCCN1. The summed E-state index contributed by atoms with van der Waals surface area (Å²) in [5, 5.41) is 6.12. The van der Waals surface area contributed by atoms with E-state index in [1.807, 2.05) is 30.3 Å². The molecule has 1 heterocycles. The summed E-state index contributed by atoms with van der Waals surface area (Å²) in [6.07, 6.45) is 3.23. The van der Waals surface area contributed by atoms with Gasteiger partial charge in [-0.05, 0) is 31.5 Å². The Morgan fingerprint density at radius 3 is 2.89 bits per heavy atom. The molecule has 1 aliphatic rings. The third kappa shape index (κ3) is 4.04. The van der Waals surface area contributed by atoms with Gasteiger partial charge < -0.3 is 15.4 Å². The predicted octanol–water partition coefficient (Wildman–Crippen LogP) is 1.32. The van der Waals surface area contributed by atoms with Gasteiger partial charge in [-0.15, -0.1) is 0 Å². The van der Waals surface area contributed by atoms with Crippen LogP contribution in [0.5, 0.6) is 5.75 Å². The van der Waals surface area contributed by atoms with Crippen molar-refractivity contribution in [1.82, 2.24) is 10.6 Å². The molecule has 98 valence electrons. The summed E-state index contributed by atoms with van der Waals surface area (Å²) < 4.78 is 5.51. The zero-order valence-corrected chi connectivity index (χ0v) is 10.5. The number of piperidine rings is 1. The van der Waals surface area contributed by atoms with Gasteiger partial charge >= 0.3 is 0 Å². The van der Waals surface area contributed by atoms with Crippen molar-refractivity contribution >= 4 is 5.91 Å². The van der Waals surface area contributed by atoms with Crippen LogP contribution in [0.4, 0.5) is 0 Å². The van der Waals surface area contributed by atoms with Crippen LogP contribution < -0.4 is 15.4 Å². The van der Waals surface area contributed by atoms with Crippen molar-refractivity contribution in [3.8, 4) is 5.75 Å². The lowest BCUT2D eigenvalue weighted by atomic mass is 10.0. The summed E-state index contributed by atoms with van der Waals surface area (Å²) in [5.74, 6) is 0.925. The molecule has 18 heavy (non-hydrogen) atoms. The molecular formula is C14H20N2O2. The molecule has 0 radical (unpaired) electrons. The molecule has 4 heteroatoms. The van der Waals surface area contributed by atoms with Crippen molar-refractivity contribution < 1.29 is 9.53 Å². The minimum atomic E-state index is -0.0181. The van der Waals surface area contributed by atoms with Crippen molar-refractivity contribution in [1.29, 1.82) is 0 Å². The first-order valence-corrected chi connectivity index (χ1v) is 6.55. The maximum Gasteiger partial charge on any atom is 0.237 e. The number of rotatable bonds is 5. The molecule has 1 atom stereocenters. The minimum Gasteiger partial charge on any atom is -0.492 e. The average molecular weight is 248 g/mol. The summed E-state index contributed by atoms with van der Waals surface area (Å²) in [6, 6.07) is 9.61. The van der Waals surface area contributed by atoms with E-state index < -0.39 is 0 Å². The number of benzene rings is 1. The molecule has 0 bridgehead atoms. The molecule has 2 rings (SSSR count). The van der Waals surface area contributed by atoms with E-state index in [2.05, 4.69) is 10.6 Å². The lowest BCUT2D eigenvalue weighted by Gasteiger charge is -2.22. The van der Waals surface area contributed by atoms with Gasteiger partial charge in [-0.1, -0.05) is 24.6 Å². The van der Waals surface area contributed by atoms with E-state index in [9.17, 15) is 4.79 Å². The third-order valence-electron chi connectivity index (χ3n) is 3.04. The van der Waals surface area contributed by atoms with Gasteiger partial charge in [-0.2, -0.15) is 0 Å². The largest absolute Gasteiger partial charge is 0.492 e. The van der Waals surface area contributed by atoms with Gasteiger partial charge in [0.25, 0.3) is 0 Å². The molecule has 1 fully saturated rings. The highest BCUT2D eigenvalue weighted by molar-refractivity contribution is 5.81. The lowest BCUT2D eigenvalue weighted by molar-refractivity contribution is -0.123. The van der Waals surface area contributed by atoms with Crippen molar-refractivity contribution in [2.24, 2.45) is 0 Å². The quantitative estimate of drug-likeness (QED) is 0.773. The Morgan fingerprint density at radius 2 is 2.17 bits per heavy atom. The van der Waals surface area contributed by atoms with Crippen molar-refractivity contribution in [3.05, 3.63) is 30.3 Å². The molecule has 0 unspecified atom stereocenters. The fourth-order valence-electron chi connectivity index (χ4n) is 2.06. The Hall–Kier alpha value is -1.55. The highest BCUT2D eigenvalue weighted by Crippen LogP contribution is 2.08. The number of amides is 1. The van der Waals surface area contributed by atoms with Crippen molar-refractivity contribution in [2.75, 3.05) is 19.7 Å². The van der Waals surface area contributed by atoms with Gasteiger partial charge in [-0.25, -0.2) is 0 Å². The van der Waals surface area contributed by atoms with Gasteiger partial charge in [0.05, 0.1) is 12.6 Å². The molecule has 0 aliphatic carbocycles. The predicted molar refractivity (Wildman–Crippen MR) is 70.6 cm³/mol. The van der Waals surface area contributed by atoms with Crippen LogP contribution in [0, 0.1) is 0 Å². The fraction of sp³-hybridized carbons (Fsp3) is 0.500. The van der Waals surface area contributed by atoms with E-state index in [1.165, 1.54) is 6.42 Å². The Labute approximate surface area is 108 Å². The first-order chi connectivity index (χ1) is 8.86. The average Bonchev–Trinajstić information content (AvgIpc) is 2.45. The maximum atomic E-state index is 11.8. The number of hydrogen-bond donors (Lipinski definition) is 2. The van der Waals surface area contributed by atoms with Crippen LogP contribution in [0.25, 0.3) is 0 Å². The van der Waals surface area contributed by atoms with Gasteiger partial charge in [0.15, 0.2) is 0 Å². The van der Waals surface area contributed by atoms with Crippen molar-refractivity contribution in [2.45, 2.75) is 25.3 Å². The summed E-state index contributed by atoms with van der Waals surface area (Å²) in [7, 11) is 0. The summed E-state index contributed by atoms with van der Waals surface area (Å²) in [6.45, 7) is 1.99. The van der Waals surface area contributed by atoms with Crippen molar-refractivity contribution in [3.63, 3.8) is 0 Å². The molecule has 2 N–H and O–H groups in total. The lowest BCUT2D eigenvalue weighted by Crippen LogP contribution is -2.47. The van der Waals surface area contributed by atoms with E-state index in [1.54, 1.807) is 0 Å². The third-order valence-corrected chi connectivity index (χ3v) is 3.04. The Balaban J connectivity index is 1.61. The molecule has 0 aromatic heterocycles. The number of ether oxygens (including phenoxy) is 1. The van der Waals surface area contributed by atoms with Gasteiger partial charge in [0.2, 0.25) is 5.91 Å². The first kappa shape index (κ1) is 12.9. The molecule has 0 spiro atoms. The highest BCUT2D eigenvalue weighted by Gasteiger charge is 2.19. The summed E-state index contributed by atoms with van der Waals surface area (Å²) >= 11 is 0. The second-order valence-electron chi connectivity index (χ2n) is 4.46. The van der Waals surface area contributed by atoms with Gasteiger partial charge in [0.1, 0.15) is 12.4 Å². The van der Waals surface area contributed by atoms with Gasteiger partial charge in [0, 0.05) is 0 Å². The van der Waals surface area contributed by atoms with Crippen LogP contribution in [0.2, 0.25) is 0 Å². The summed E-state index contributed by atoms with van der Waals surface area (Å²) in [4.78, 5) is 11.8. The summed E-state index contributed by atoms with van der Waals surface area (Å²) in [5.41, 5.74) is 0. The molecule has 0 saturated carbocycles. The van der Waals surface area contributed by atoms with Crippen LogP contribution in [0.3, 0.4) is 0 Å². The van der Waals surface area contributed by atoms with E-state index in [0.29, 0.717) is 13.2 Å². The molecule has 1 amide bonds. The number of hydrogen-bond acceptors (Lipinski definition) is 3. The zero-order chi connectivity index (χ0) is 12.6.